The molecule has 2 N–H and O–H groups in total. The van der Waals surface area contributed by atoms with Crippen molar-refractivity contribution in [3.63, 3.8) is 0 Å². The van der Waals surface area contributed by atoms with Crippen LogP contribution in [0.25, 0.3) is 0 Å². The number of hydrogen-bond acceptors (Lipinski definition) is 3. The Morgan fingerprint density at radius 1 is 1.14 bits per heavy atom. The largest absolute Gasteiger partial charge is 0.355 e. The Hall–Kier alpha value is -1.95. The fourth-order valence-electron chi connectivity index (χ4n) is 1.65. The number of benzene rings is 1. The van der Waals surface area contributed by atoms with E-state index in [-0.39, 0.29) is 30.7 Å². The van der Waals surface area contributed by atoms with Crippen LogP contribution < -0.4 is 10.6 Å². The molecule has 0 aliphatic rings. The molecule has 0 fully saturated rings. The SMILES string of the molecule is CC(C)CNC(=O)CN(C)CC(=O)Nc1ccc(F)cc1. The molecule has 0 spiro atoms. The van der Waals surface area contributed by atoms with E-state index in [4.69, 9.17) is 0 Å². The summed E-state index contributed by atoms with van der Waals surface area (Å²) in [5, 5.41) is 5.43. The normalized spacial score (nSPS) is 10.8. The zero-order chi connectivity index (χ0) is 15.8. The van der Waals surface area contributed by atoms with Crippen LogP contribution in [0.4, 0.5) is 10.1 Å². The molecule has 0 radical (unpaired) electrons. The van der Waals surface area contributed by atoms with Crippen molar-refractivity contribution in [2.75, 3.05) is 32.0 Å². The Bertz CT molecular complexity index is 474. The van der Waals surface area contributed by atoms with Crippen LogP contribution in [0.15, 0.2) is 24.3 Å². The van der Waals surface area contributed by atoms with Gasteiger partial charge in [-0.25, -0.2) is 4.39 Å². The summed E-state index contributed by atoms with van der Waals surface area (Å²) in [7, 11) is 1.69. The number of nitrogens with zero attached hydrogens (tertiary/aromatic N) is 1. The average molecular weight is 295 g/mol. The third kappa shape index (κ3) is 7.41. The van der Waals surface area contributed by atoms with E-state index in [9.17, 15) is 14.0 Å². The second-order valence-electron chi connectivity index (χ2n) is 5.43. The first-order chi connectivity index (χ1) is 9.86. The van der Waals surface area contributed by atoms with Gasteiger partial charge >= 0.3 is 0 Å². The van der Waals surface area contributed by atoms with Crippen molar-refractivity contribution in [1.82, 2.24) is 10.2 Å². The lowest BCUT2D eigenvalue weighted by Gasteiger charge is -2.16. The van der Waals surface area contributed by atoms with E-state index in [2.05, 4.69) is 10.6 Å². The standard InChI is InChI=1S/C15H22FN3O2/c1-11(2)8-17-14(20)9-19(3)10-15(21)18-13-6-4-12(16)5-7-13/h4-7,11H,8-10H2,1-3H3,(H,17,20)(H,18,21). The lowest BCUT2D eigenvalue weighted by Crippen LogP contribution is -2.39. The van der Waals surface area contributed by atoms with Crippen LogP contribution >= 0.6 is 0 Å². The number of hydrogen-bond donors (Lipinski definition) is 2. The number of anilines is 1. The van der Waals surface area contributed by atoms with Gasteiger partial charge in [0.2, 0.25) is 11.8 Å². The van der Waals surface area contributed by atoms with Crippen LogP contribution in [-0.2, 0) is 9.59 Å². The quantitative estimate of drug-likeness (QED) is 0.801. The Morgan fingerprint density at radius 3 is 2.29 bits per heavy atom. The molecule has 0 saturated carbocycles. The van der Waals surface area contributed by atoms with Gasteiger partial charge in [0.05, 0.1) is 13.1 Å². The third-order valence-corrected chi connectivity index (χ3v) is 2.66. The fourth-order valence-corrected chi connectivity index (χ4v) is 1.65. The van der Waals surface area contributed by atoms with Gasteiger partial charge < -0.3 is 10.6 Å². The van der Waals surface area contributed by atoms with Crippen molar-refractivity contribution in [1.29, 1.82) is 0 Å². The number of rotatable bonds is 7. The molecule has 0 unspecified atom stereocenters. The predicted molar refractivity (Wildman–Crippen MR) is 80.4 cm³/mol. The molecule has 0 aliphatic carbocycles. The van der Waals surface area contributed by atoms with Crippen LogP contribution in [0, 0.1) is 11.7 Å². The maximum absolute atomic E-state index is 12.7. The summed E-state index contributed by atoms with van der Waals surface area (Å²) in [6.07, 6.45) is 0. The molecular formula is C15H22FN3O2. The van der Waals surface area contributed by atoms with Gasteiger partial charge in [-0.15, -0.1) is 0 Å². The van der Waals surface area contributed by atoms with E-state index >= 15 is 0 Å². The summed E-state index contributed by atoms with van der Waals surface area (Å²) in [6.45, 7) is 4.89. The Balaban J connectivity index is 2.33. The number of nitrogens with one attached hydrogen (secondary N) is 2. The molecule has 0 aromatic heterocycles. The number of carbonyl (C=O) groups excluding carboxylic acids is 2. The zero-order valence-corrected chi connectivity index (χ0v) is 12.6. The van der Waals surface area contributed by atoms with E-state index in [1.54, 1.807) is 11.9 Å². The smallest absolute Gasteiger partial charge is 0.238 e. The first-order valence-electron chi connectivity index (χ1n) is 6.87. The predicted octanol–water partition coefficient (Wildman–Crippen LogP) is 1.47. The summed E-state index contributed by atoms with van der Waals surface area (Å²) in [4.78, 5) is 25.0. The zero-order valence-electron chi connectivity index (χ0n) is 12.6. The lowest BCUT2D eigenvalue weighted by atomic mass is 10.2. The lowest BCUT2D eigenvalue weighted by molar-refractivity contribution is -0.123. The highest BCUT2D eigenvalue weighted by Gasteiger charge is 2.11. The van der Waals surface area contributed by atoms with E-state index < -0.39 is 0 Å². The molecule has 1 aromatic rings. The molecule has 1 aromatic carbocycles. The Morgan fingerprint density at radius 2 is 1.71 bits per heavy atom. The van der Waals surface area contributed by atoms with Crippen LogP contribution in [0.2, 0.25) is 0 Å². The van der Waals surface area contributed by atoms with E-state index in [0.29, 0.717) is 18.2 Å². The summed E-state index contributed by atoms with van der Waals surface area (Å²) in [6, 6.07) is 5.53. The van der Waals surface area contributed by atoms with Crippen molar-refractivity contribution in [3.8, 4) is 0 Å². The summed E-state index contributed by atoms with van der Waals surface area (Å²) >= 11 is 0. The summed E-state index contributed by atoms with van der Waals surface area (Å²) in [5.41, 5.74) is 0.527. The number of halogens is 1. The van der Waals surface area contributed by atoms with Crippen molar-refractivity contribution in [3.05, 3.63) is 30.1 Å². The van der Waals surface area contributed by atoms with Gasteiger partial charge in [-0.1, -0.05) is 13.8 Å². The molecule has 0 aliphatic heterocycles. The van der Waals surface area contributed by atoms with E-state index in [1.807, 2.05) is 13.8 Å². The van der Waals surface area contributed by atoms with Gasteiger partial charge in [0.25, 0.3) is 0 Å². The van der Waals surface area contributed by atoms with Crippen molar-refractivity contribution >= 4 is 17.5 Å². The van der Waals surface area contributed by atoms with Gasteiger partial charge in [0, 0.05) is 12.2 Å². The average Bonchev–Trinajstić information content (AvgIpc) is 2.38. The number of carbonyl (C=O) groups is 2. The first kappa shape index (κ1) is 17.1. The van der Waals surface area contributed by atoms with Gasteiger partial charge in [-0.3, -0.25) is 14.5 Å². The number of amides is 2. The van der Waals surface area contributed by atoms with Gasteiger partial charge in [-0.05, 0) is 37.2 Å². The maximum atomic E-state index is 12.7. The minimum absolute atomic E-state index is 0.0898. The molecule has 21 heavy (non-hydrogen) atoms. The highest BCUT2D eigenvalue weighted by Crippen LogP contribution is 2.07. The highest BCUT2D eigenvalue weighted by atomic mass is 19.1. The molecule has 2 amide bonds. The molecule has 6 heteroatoms. The molecule has 0 heterocycles. The van der Waals surface area contributed by atoms with Crippen LogP contribution in [0.3, 0.4) is 0 Å². The summed E-state index contributed by atoms with van der Waals surface area (Å²) in [5.74, 6) is -0.325. The fraction of sp³-hybridized carbons (Fsp3) is 0.467. The number of likely N-dealkylation sites (N-methyl/N-ethyl adjacent to an activating group) is 1. The van der Waals surface area contributed by atoms with Crippen LogP contribution in [0.1, 0.15) is 13.8 Å². The minimum Gasteiger partial charge on any atom is -0.355 e. The van der Waals surface area contributed by atoms with Gasteiger partial charge in [-0.2, -0.15) is 0 Å². The van der Waals surface area contributed by atoms with Crippen molar-refractivity contribution in [2.24, 2.45) is 5.92 Å². The second kappa shape index (κ2) is 8.36. The topological polar surface area (TPSA) is 61.4 Å². The van der Waals surface area contributed by atoms with E-state index in [1.165, 1.54) is 24.3 Å². The Kier molecular flexibility index (Phi) is 6.81. The van der Waals surface area contributed by atoms with Crippen molar-refractivity contribution in [2.45, 2.75) is 13.8 Å². The molecule has 116 valence electrons. The highest BCUT2D eigenvalue weighted by molar-refractivity contribution is 5.92. The molecule has 0 atom stereocenters. The third-order valence-electron chi connectivity index (χ3n) is 2.66. The molecule has 5 nitrogen and oxygen atoms in total. The second-order valence-corrected chi connectivity index (χ2v) is 5.43. The minimum atomic E-state index is -0.355. The van der Waals surface area contributed by atoms with Crippen LogP contribution in [-0.4, -0.2) is 43.4 Å². The van der Waals surface area contributed by atoms with Gasteiger partial charge in [0.1, 0.15) is 5.82 Å². The molecule has 1 rings (SSSR count). The van der Waals surface area contributed by atoms with E-state index in [0.717, 1.165) is 0 Å². The summed E-state index contributed by atoms with van der Waals surface area (Å²) < 4.78 is 12.7. The molecule has 0 bridgehead atoms. The monoisotopic (exact) mass is 295 g/mol. The Labute approximate surface area is 124 Å². The molecule has 0 saturated heterocycles. The van der Waals surface area contributed by atoms with Gasteiger partial charge in [0.15, 0.2) is 0 Å². The first-order valence-corrected chi connectivity index (χ1v) is 6.87. The maximum Gasteiger partial charge on any atom is 0.238 e. The van der Waals surface area contributed by atoms with Crippen molar-refractivity contribution < 1.29 is 14.0 Å². The molecular weight excluding hydrogens is 273 g/mol. The van der Waals surface area contributed by atoms with Crippen LogP contribution in [0.5, 0.6) is 0 Å².